The van der Waals surface area contributed by atoms with Gasteiger partial charge in [0.1, 0.15) is 0 Å². The molecule has 1 unspecified atom stereocenters. The minimum atomic E-state index is -0.217. The summed E-state index contributed by atoms with van der Waals surface area (Å²) in [7, 11) is 0. The zero-order valence-electron chi connectivity index (χ0n) is 14.5. The van der Waals surface area contributed by atoms with Gasteiger partial charge in [-0.1, -0.05) is 66.4 Å². The number of rotatable bonds is 8. The van der Waals surface area contributed by atoms with Crippen molar-refractivity contribution in [3.8, 4) is 0 Å². The fourth-order valence-electron chi connectivity index (χ4n) is 2.05. The Bertz CT molecular complexity index is 667. The number of nitrogens with zero attached hydrogens (tertiary/aromatic N) is 2. The van der Waals surface area contributed by atoms with Gasteiger partial charge in [-0.3, -0.25) is 4.79 Å². The van der Waals surface area contributed by atoms with Gasteiger partial charge in [0.15, 0.2) is 8.68 Å². The van der Waals surface area contributed by atoms with E-state index in [2.05, 4.69) is 22.4 Å². The number of para-hydroxylation sites is 1. The second kappa shape index (κ2) is 9.44. The van der Waals surface area contributed by atoms with E-state index in [1.165, 1.54) is 24.6 Å². The standard InChI is InChI=1S/C17H23N3OS3/c1-5-6-10-22-16-19-20-17(24-16)23-13(4)15(21)18-14-11(2)8-7-9-12(14)3/h7-9,13H,5-6,10H2,1-4H3,(H,18,21). The van der Waals surface area contributed by atoms with Crippen LogP contribution in [0, 0.1) is 13.8 Å². The van der Waals surface area contributed by atoms with Gasteiger partial charge in [0.05, 0.1) is 5.25 Å². The van der Waals surface area contributed by atoms with Crippen LogP contribution in [0.25, 0.3) is 0 Å². The maximum absolute atomic E-state index is 12.5. The fourth-order valence-corrected chi connectivity index (χ4v) is 5.37. The first-order chi connectivity index (χ1) is 11.5. The Hall–Kier alpha value is -1.05. The third kappa shape index (κ3) is 5.50. The molecule has 0 saturated heterocycles. The zero-order chi connectivity index (χ0) is 17.5. The fraction of sp³-hybridized carbons (Fsp3) is 0.471. The molecule has 1 atom stereocenters. The van der Waals surface area contributed by atoms with Crippen LogP contribution in [0.4, 0.5) is 5.69 Å². The molecule has 0 radical (unpaired) electrons. The molecule has 1 N–H and O–H groups in total. The number of aryl methyl sites for hydroxylation is 2. The number of nitrogens with one attached hydrogen (secondary N) is 1. The molecule has 0 aliphatic rings. The molecule has 0 bridgehead atoms. The Morgan fingerprint density at radius 2 is 1.92 bits per heavy atom. The first-order valence-corrected chi connectivity index (χ1v) is 10.7. The van der Waals surface area contributed by atoms with Crippen molar-refractivity contribution in [2.75, 3.05) is 11.1 Å². The Morgan fingerprint density at radius 1 is 1.25 bits per heavy atom. The molecule has 24 heavy (non-hydrogen) atoms. The molecule has 130 valence electrons. The third-order valence-electron chi connectivity index (χ3n) is 3.49. The molecule has 1 aromatic heterocycles. The van der Waals surface area contributed by atoms with Gasteiger partial charge in [0.2, 0.25) is 5.91 Å². The number of hydrogen-bond acceptors (Lipinski definition) is 6. The Labute approximate surface area is 156 Å². The number of carbonyl (C=O) groups is 1. The average Bonchev–Trinajstić information content (AvgIpc) is 2.98. The molecule has 2 rings (SSSR count). The SMILES string of the molecule is CCCCSc1nnc(SC(C)C(=O)Nc2c(C)cccc2C)s1. The van der Waals surface area contributed by atoms with E-state index in [1.54, 1.807) is 23.1 Å². The summed E-state index contributed by atoms with van der Waals surface area (Å²) >= 11 is 4.77. The van der Waals surface area contributed by atoms with E-state index < -0.39 is 0 Å². The number of anilines is 1. The molecule has 0 aliphatic heterocycles. The van der Waals surface area contributed by atoms with E-state index in [9.17, 15) is 4.79 Å². The summed E-state index contributed by atoms with van der Waals surface area (Å²) in [4.78, 5) is 12.5. The summed E-state index contributed by atoms with van der Waals surface area (Å²) in [6.45, 7) is 8.09. The van der Waals surface area contributed by atoms with E-state index >= 15 is 0 Å². The van der Waals surface area contributed by atoms with Gasteiger partial charge >= 0.3 is 0 Å². The van der Waals surface area contributed by atoms with Gasteiger partial charge < -0.3 is 5.32 Å². The summed E-state index contributed by atoms with van der Waals surface area (Å²) in [5.41, 5.74) is 3.06. The predicted octanol–water partition coefficient (Wildman–Crippen LogP) is 5.17. The Kier molecular flexibility index (Phi) is 7.58. The highest BCUT2D eigenvalue weighted by Gasteiger charge is 2.18. The molecular formula is C17H23N3OS3. The van der Waals surface area contributed by atoms with E-state index in [1.807, 2.05) is 39.0 Å². The van der Waals surface area contributed by atoms with Crippen LogP contribution in [0.15, 0.2) is 26.9 Å². The first-order valence-electron chi connectivity index (χ1n) is 8.01. The van der Waals surface area contributed by atoms with Crippen LogP contribution in [0.1, 0.15) is 37.8 Å². The Morgan fingerprint density at radius 3 is 2.58 bits per heavy atom. The first kappa shape index (κ1) is 19.3. The van der Waals surface area contributed by atoms with Crippen molar-refractivity contribution in [2.24, 2.45) is 0 Å². The summed E-state index contributed by atoms with van der Waals surface area (Å²) in [6.07, 6.45) is 2.37. The zero-order valence-corrected chi connectivity index (χ0v) is 16.9. The summed E-state index contributed by atoms with van der Waals surface area (Å²) in [5.74, 6) is 1.06. The summed E-state index contributed by atoms with van der Waals surface area (Å²) < 4.78 is 1.83. The molecule has 1 heterocycles. The van der Waals surface area contributed by atoms with Crippen molar-refractivity contribution in [1.82, 2.24) is 10.2 Å². The van der Waals surface area contributed by atoms with Gasteiger partial charge in [0, 0.05) is 11.4 Å². The number of amides is 1. The number of hydrogen-bond donors (Lipinski definition) is 1. The summed E-state index contributed by atoms with van der Waals surface area (Å²) in [5, 5.41) is 11.2. The van der Waals surface area contributed by atoms with E-state index in [-0.39, 0.29) is 11.2 Å². The van der Waals surface area contributed by atoms with Crippen LogP contribution >= 0.6 is 34.9 Å². The van der Waals surface area contributed by atoms with Crippen LogP contribution in [0.2, 0.25) is 0 Å². The van der Waals surface area contributed by atoms with Crippen molar-refractivity contribution in [3.63, 3.8) is 0 Å². The van der Waals surface area contributed by atoms with Crippen molar-refractivity contribution in [2.45, 2.75) is 54.5 Å². The molecule has 0 saturated carbocycles. The average molecular weight is 382 g/mol. The molecule has 0 aliphatic carbocycles. The maximum atomic E-state index is 12.5. The van der Waals surface area contributed by atoms with Gasteiger partial charge in [-0.25, -0.2) is 0 Å². The lowest BCUT2D eigenvalue weighted by Crippen LogP contribution is -2.23. The second-order valence-corrected chi connectivity index (χ2v) is 9.46. The molecule has 1 amide bonds. The lowest BCUT2D eigenvalue weighted by Gasteiger charge is -2.14. The second-order valence-electron chi connectivity index (χ2n) is 5.55. The normalized spacial score (nSPS) is 12.2. The molecule has 4 nitrogen and oxygen atoms in total. The van der Waals surface area contributed by atoms with Crippen LogP contribution in [0.3, 0.4) is 0 Å². The number of benzene rings is 1. The third-order valence-corrected chi connectivity index (χ3v) is 6.81. The van der Waals surface area contributed by atoms with E-state index in [0.29, 0.717) is 0 Å². The summed E-state index contributed by atoms with van der Waals surface area (Å²) in [6, 6.07) is 6.01. The lowest BCUT2D eigenvalue weighted by molar-refractivity contribution is -0.115. The molecule has 1 aromatic carbocycles. The van der Waals surface area contributed by atoms with Gasteiger partial charge in [-0.2, -0.15) is 0 Å². The molecule has 0 fully saturated rings. The smallest absolute Gasteiger partial charge is 0.237 e. The number of thioether (sulfide) groups is 2. The minimum absolute atomic E-state index is 0.00668. The van der Waals surface area contributed by atoms with E-state index in [0.717, 1.165) is 31.2 Å². The quantitative estimate of drug-likeness (QED) is 0.505. The van der Waals surface area contributed by atoms with Crippen molar-refractivity contribution < 1.29 is 4.79 Å². The topological polar surface area (TPSA) is 54.9 Å². The van der Waals surface area contributed by atoms with Gasteiger partial charge in [0.25, 0.3) is 0 Å². The largest absolute Gasteiger partial charge is 0.325 e. The number of carbonyl (C=O) groups excluding carboxylic acids is 1. The molecule has 7 heteroatoms. The molecular weight excluding hydrogens is 358 g/mol. The molecule has 0 spiro atoms. The van der Waals surface area contributed by atoms with Crippen LogP contribution in [0.5, 0.6) is 0 Å². The van der Waals surface area contributed by atoms with Crippen LogP contribution in [-0.4, -0.2) is 27.1 Å². The molecule has 2 aromatic rings. The number of unbranched alkanes of at least 4 members (excludes halogenated alkanes) is 1. The van der Waals surface area contributed by atoms with Gasteiger partial charge in [-0.05, 0) is 38.3 Å². The highest BCUT2D eigenvalue weighted by Crippen LogP contribution is 2.32. The highest BCUT2D eigenvalue weighted by atomic mass is 32.2. The van der Waals surface area contributed by atoms with Crippen LogP contribution < -0.4 is 5.32 Å². The van der Waals surface area contributed by atoms with Crippen molar-refractivity contribution >= 4 is 46.5 Å². The van der Waals surface area contributed by atoms with Crippen molar-refractivity contribution in [3.05, 3.63) is 29.3 Å². The van der Waals surface area contributed by atoms with E-state index in [4.69, 9.17) is 0 Å². The highest BCUT2D eigenvalue weighted by molar-refractivity contribution is 8.03. The number of aromatic nitrogens is 2. The van der Waals surface area contributed by atoms with Gasteiger partial charge in [-0.15, -0.1) is 10.2 Å². The lowest BCUT2D eigenvalue weighted by atomic mass is 10.1. The Balaban J connectivity index is 1.92. The van der Waals surface area contributed by atoms with Crippen molar-refractivity contribution in [1.29, 1.82) is 0 Å². The minimum Gasteiger partial charge on any atom is -0.325 e. The van der Waals surface area contributed by atoms with Crippen LogP contribution in [-0.2, 0) is 4.79 Å². The monoisotopic (exact) mass is 381 g/mol. The predicted molar refractivity (Wildman–Crippen MR) is 105 cm³/mol. The maximum Gasteiger partial charge on any atom is 0.237 e.